The summed E-state index contributed by atoms with van der Waals surface area (Å²) in [5.41, 5.74) is 1.45. The van der Waals surface area contributed by atoms with Gasteiger partial charge in [0.05, 0.1) is 30.6 Å². The second-order valence-corrected chi connectivity index (χ2v) is 6.84. The number of rotatable bonds is 8. The summed E-state index contributed by atoms with van der Waals surface area (Å²) >= 11 is 0. The second-order valence-electron chi connectivity index (χ2n) is 6.84. The number of carbonyl (C=O) groups excluding carboxylic acids is 1. The Labute approximate surface area is 169 Å². The number of fused-ring (bicyclic) bond motifs is 1. The molecule has 1 atom stereocenters. The molecule has 3 rings (SSSR count). The van der Waals surface area contributed by atoms with E-state index in [1.165, 1.54) is 0 Å². The summed E-state index contributed by atoms with van der Waals surface area (Å²) in [6.07, 6.45) is 0. The van der Waals surface area contributed by atoms with E-state index in [1.54, 1.807) is 13.2 Å². The molecule has 29 heavy (non-hydrogen) atoms. The van der Waals surface area contributed by atoms with Crippen molar-refractivity contribution in [1.29, 1.82) is 0 Å². The van der Waals surface area contributed by atoms with Crippen molar-refractivity contribution in [2.24, 2.45) is 0 Å². The molecule has 152 valence electrons. The highest BCUT2D eigenvalue weighted by atomic mass is 16.5. The highest BCUT2D eigenvalue weighted by Gasteiger charge is 2.21. The Balaban J connectivity index is 1.67. The Morgan fingerprint density at radius 3 is 2.79 bits per heavy atom. The minimum absolute atomic E-state index is 0.0854. The van der Waals surface area contributed by atoms with Crippen molar-refractivity contribution in [3.05, 3.63) is 70.3 Å². The Kier molecular flexibility index (Phi) is 6.61. The van der Waals surface area contributed by atoms with Crippen molar-refractivity contribution in [3.8, 4) is 5.75 Å². The minimum Gasteiger partial charge on any atom is -0.497 e. The molecule has 1 heterocycles. The number of H-pyrrole nitrogens is 1. The molecular weight excluding hydrogens is 368 g/mol. The monoisotopic (exact) mass is 394 g/mol. The van der Waals surface area contributed by atoms with Gasteiger partial charge in [-0.3, -0.25) is 14.5 Å². The number of nitrogens with zero attached hydrogens (tertiary/aromatic N) is 2. The quantitative estimate of drug-likeness (QED) is 0.613. The van der Waals surface area contributed by atoms with Crippen LogP contribution in [0.15, 0.2) is 53.3 Å². The van der Waals surface area contributed by atoms with Crippen molar-refractivity contribution >= 4 is 16.8 Å². The first-order valence-corrected chi connectivity index (χ1v) is 9.64. The van der Waals surface area contributed by atoms with Gasteiger partial charge in [0.15, 0.2) is 0 Å². The Morgan fingerprint density at radius 1 is 1.24 bits per heavy atom. The lowest BCUT2D eigenvalue weighted by Gasteiger charge is -2.26. The van der Waals surface area contributed by atoms with E-state index < -0.39 is 0 Å². The van der Waals surface area contributed by atoms with Gasteiger partial charge < -0.3 is 15.0 Å². The van der Waals surface area contributed by atoms with E-state index in [0.29, 0.717) is 36.4 Å². The van der Waals surface area contributed by atoms with Gasteiger partial charge in [0, 0.05) is 6.54 Å². The third-order valence-corrected chi connectivity index (χ3v) is 4.95. The predicted octanol–water partition coefficient (Wildman–Crippen LogP) is 2.46. The standard InChI is InChI=1S/C22H26N4O3/c1-4-26(14-20-24-19-11-6-5-10-18(19)22(28)25-20)15(2)21(27)23-13-16-8-7-9-17(12-16)29-3/h5-12,15H,4,13-14H2,1-3H3,(H,23,27)(H,24,25,28). The van der Waals surface area contributed by atoms with E-state index in [1.807, 2.05) is 61.2 Å². The van der Waals surface area contributed by atoms with Gasteiger partial charge in [-0.25, -0.2) is 4.98 Å². The zero-order valence-electron chi connectivity index (χ0n) is 16.9. The number of nitrogens with one attached hydrogen (secondary N) is 2. The van der Waals surface area contributed by atoms with Gasteiger partial charge in [-0.05, 0) is 43.3 Å². The van der Waals surface area contributed by atoms with Crippen molar-refractivity contribution in [2.45, 2.75) is 33.0 Å². The van der Waals surface area contributed by atoms with Crippen LogP contribution in [-0.2, 0) is 17.9 Å². The summed E-state index contributed by atoms with van der Waals surface area (Å²) in [4.78, 5) is 34.3. The fraction of sp³-hybridized carbons (Fsp3) is 0.318. The molecule has 0 saturated heterocycles. The number of likely N-dealkylation sites (N-methyl/N-ethyl adjacent to an activating group) is 1. The minimum atomic E-state index is -0.373. The number of aromatic nitrogens is 2. The van der Waals surface area contributed by atoms with E-state index in [2.05, 4.69) is 15.3 Å². The highest BCUT2D eigenvalue weighted by Crippen LogP contribution is 2.13. The summed E-state index contributed by atoms with van der Waals surface area (Å²) in [5, 5.41) is 3.52. The van der Waals surface area contributed by atoms with Gasteiger partial charge in [0.25, 0.3) is 5.56 Å². The molecule has 1 amide bonds. The van der Waals surface area contributed by atoms with E-state index in [0.717, 1.165) is 11.3 Å². The molecule has 0 aliphatic heterocycles. The first-order chi connectivity index (χ1) is 14.0. The number of para-hydroxylation sites is 1. The molecule has 0 bridgehead atoms. The van der Waals surface area contributed by atoms with Gasteiger partial charge in [0.2, 0.25) is 5.91 Å². The number of methoxy groups -OCH3 is 1. The molecule has 0 radical (unpaired) electrons. The lowest BCUT2D eigenvalue weighted by Crippen LogP contribution is -2.44. The van der Waals surface area contributed by atoms with Gasteiger partial charge >= 0.3 is 0 Å². The largest absolute Gasteiger partial charge is 0.497 e. The number of benzene rings is 2. The van der Waals surface area contributed by atoms with Crippen LogP contribution in [0.25, 0.3) is 10.9 Å². The molecule has 7 heteroatoms. The van der Waals surface area contributed by atoms with Crippen molar-refractivity contribution < 1.29 is 9.53 Å². The van der Waals surface area contributed by atoms with E-state index in [-0.39, 0.29) is 17.5 Å². The lowest BCUT2D eigenvalue weighted by atomic mass is 10.2. The smallest absolute Gasteiger partial charge is 0.258 e. The van der Waals surface area contributed by atoms with E-state index in [9.17, 15) is 9.59 Å². The predicted molar refractivity (Wildman–Crippen MR) is 113 cm³/mol. The van der Waals surface area contributed by atoms with E-state index in [4.69, 9.17) is 4.74 Å². The third-order valence-electron chi connectivity index (χ3n) is 4.95. The number of ether oxygens (including phenoxy) is 1. The molecule has 3 aromatic rings. The highest BCUT2D eigenvalue weighted by molar-refractivity contribution is 5.81. The number of hydrogen-bond donors (Lipinski definition) is 2. The third kappa shape index (κ3) is 5.00. The SMILES string of the molecule is CCN(Cc1nc2ccccc2c(=O)[nH]1)C(C)C(=O)NCc1cccc(OC)c1. The maximum Gasteiger partial charge on any atom is 0.258 e. The molecule has 0 spiro atoms. The molecule has 0 aliphatic rings. The van der Waals surface area contributed by atoms with Crippen molar-refractivity contribution in [3.63, 3.8) is 0 Å². The summed E-state index contributed by atoms with van der Waals surface area (Å²) in [5.74, 6) is 1.21. The van der Waals surface area contributed by atoms with Crippen molar-refractivity contribution in [2.75, 3.05) is 13.7 Å². The fourth-order valence-corrected chi connectivity index (χ4v) is 3.21. The van der Waals surface area contributed by atoms with Gasteiger partial charge in [0.1, 0.15) is 11.6 Å². The average molecular weight is 394 g/mol. The fourth-order valence-electron chi connectivity index (χ4n) is 3.21. The van der Waals surface area contributed by atoms with Crippen molar-refractivity contribution in [1.82, 2.24) is 20.2 Å². The van der Waals surface area contributed by atoms with Crippen LogP contribution in [0.3, 0.4) is 0 Å². The number of aromatic amines is 1. The molecule has 2 aromatic carbocycles. The normalized spacial score (nSPS) is 12.1. The van der Waals surface area contributed by atoms with Gasteiger partial charge in [-0.1, -0.05) is 31.2 Å². The molecule has 2 N–H and O–H groups in total. The van der Waals surface area contributed by atoms with Gasteiger partial charge in [-0.15, -0.1) is 0 Å². The lowest BCUT2D eigenvalue weighted by molar-refractivity contribution is -0.126. The van der Waals surface area contributed by atoms with E-state index >= 15 is 0 Å². The van der Waals surface area contributed by atoms with Crippen LogP contribution in [0.5, 0.6) is 5.75 Å². The van der Waals surface area contributed by atoms with Crippen LogP contribution in [0.1, 0.15) is 25.2 Å². The maximum absolute atomic E-state index is 12.7. The van der Waals surface area contributed by atoms with Crippen LogP contribution in [0, 0.1) is 0 Å². The molecule has 0 saturated carbocycles. The number of amides is 1. The molecular formula is C22H26N4O3. The Bertz CT molecular complexity index is 1050. The van der Waals surface area contributed by atoms with Gasteiger partial charge in [-0.2, -0.15) is 0 Å². The van der Waals surface area contributed by atoms with Crippen LogP contribution >= 0.6 is 0 Å². The summed E-state index contributed by atoms with van der Waals surface area (Å²) in [6, 6.07) is 14.4. The first kappa shape index (κ1) is 20.5. The summed E-state index contributed by atoms with van der Waals surface area (Å²) < 4.78 is 5.21. The molecule has 7 nitrogen and oxygen atoms in total. The summed E-state index contributed by atoms with van der Waals surface area (Å²) in [7, 11) is 1.62. The Morgan fingerprint density at radius 2 is 2.03 bits per heavy atom. The van der Waals surface area contributed by atoms with Crippen LogP contribution in [-0.4, -0.2) is 40.5 Å². The molecule has 1 unspecified atom stereocenters. The zero-order valence-corrected chi connectivity index (χ0v) is 16.9. The topological polar surface area (TPSA) is 87.3 Å². The molecule has 1 aromatic heterocycles. The Hall–Kier alpha value is -3.19. The average Bonchev–Trinajstić information content (AvgIpc) is 2.75. The van der Waals surface area contributed by atoms with Crippen LogP contribution in [0.2, 0.25) is 0 Å². The second kappa shape index (κ2) is 9.34. The maximum atomic E-state index is 12.7. The van der Waals surface area contributed by atoms with Crippen LogP contribution < -0.4 is 15.6 Å². The zero-order chi connectivity index (χ0) is 20.8. The molecule has 0 aliphatic carbocycles. The molecule has 0 fully saturated rings. The van der Waals surface area contributed by atoms with Crippen LogP contribution in [0.4, 0.5) is 0 Å². The summed E-state index contributed by atoms with van der Waals surface area (Å²) in [6.45, 7) is 5.27. The first-order valence-electron chi connectivity index (χ1n) is 9.64. The number of hydrogen-bond acceptors (Lipinski definition) is 5. The number of carbonyl (C=O) groups is 1.